The molecule has 0 aliphatic carbocycles. The van der Waals surface area contributed by atoms with E-state index in [0.29, 0.717) is 33.6 Å². The summed E-state index contributed by atoms with van der Waals surface area (Å²) in [5.41, 5.74) is 2.34. The second kappa shape index (κ2) is 10.6. The normalized spacial score (nSPS) is 11.1. The van der Waals surface area contributed by atoms with Crippen LogP contribution in [0.15, 0.2) is 103 Å². The van der Waals surface area contributed by atoms with Crippen molar-refractivity contribution in [2.75, 3.05) is 0 Å². The van der Waals surface area contributed by atoms with Gasteiger partial charge in [0, 0.05) is 49.5 Å². The van der Waals surface area contributed by atoms with Crippen LogP contribution in [0.1, 0.15) is 15.9 Å². The Morgan fingerprint density at radius 3 is 2.54 bits per heavy atom. The maximum absolute atomic E-state index is 15.1. The second-order valence-electron chi connectivity index (χ2n) is 9.34. The zero-order chi connectivity index (χ0) is 28.5. The molecule has 0 bridgehead atoms. The van der Waals surface area contributed by atoms with E-state index in [2.05, 4.69) is 15.1 Å². The first-order valence-electron chi connectivity index (χ1n) is 12.6. The highest BCUT2D eigenvalue weighted by Gasteiger charge is 2.16. The van der Waals surface area contributed by atoms with Gasteiger partial charge in [-0.05, 0) is 66.2 Å². The van der Waals surface area contributed by atoms with Crippen molar-refractivity contribution in [1.29, 1.82) is 0 Å². The Kier molecular flexibility index (Phi) is 6.64. The van der Waals surface area contributed by atoms with Gasteiger partial charge in [-0.2, -0.15) is 5.10 Å². The first-order chi connectivity index (χ1) is 19.9. The van der Waals surface area contributed by atoms with Gasteiger partial charge in [-0.15, -0.1) is 0 Å². The van der Waals surface area contributed by atoms with Crippen LogP contribution in [0.4, 0.5) is 8.78 Å². The fraction of sp³-hybridized carbons (Fsp3) is 0.0645. The molecule has 0 saturated heterocycles. The Bertz CT molecular complexity index is 1980. The Morgan fingerprint density at radius 2 is 1.78 bits per heavy atom. The summed E-state index contributed by atoms with van der Waals surface area (Å²) >= 11 is 0. The summed E-state index contributed by atoms with van der Waals surface area (Å²) in [5, 5.41) is 4.76. The van der Waals surface area contributed by atoms with Crippen LogP contribution < -0.4 is 10.3 Å². The minimum atomic E-state index is -0.669. The molecule has 10 heteroatoms. The predicted octanol–water partition coefficient (Wildman–Crippen LogP) is 5.68. The summed E-state index contributed by atoms with van der Waals surface area (Å²) in [7, 11) is 1.82. The molecule has 0 saturated carbocycles. The lowest BCUT2D eigenvalue weighted by Gasteiger charge is -2.11. The molecule has 4 aromatic heterocycles. The molecular weight excluding hydrogens is 528 g/mol. The molecule has 6 aromatic rings. The molecule has 0 aliphatic rings. The zero-order valence-corrected chi connectivity index (χ0v) is 21.7. The molecule has 202 valence electrons. The van der Waals surface area contributed by atoms with E-state index >= 15 is 4.39 Å². The first kappa shape index (κ1) is 25.8. The van der Waals surface area contributed by atoms with Gasteiger partial charge >= 0.3 is 0 Å². The number of aromatic nitrogens is 5. The summed E-state index contributed by atoms with van der Waals surface area (Å²) in [6.07, 6.45) is 8.03. The molecule has 0 unspecified atom stereocenters. The van der Waals surface area contributed by atoms with Crippen molar-refractivity contribution in [3.05, 3.63) is 131 Å². The molecule has 0 amide bonds. The highest BCUT2D eigenvalue weighted by molar-refractivity contribution is 5.97. The SMILES string of the molecule is Cn1cc(-c2cc3nccc(Oc4ccc(CC(=O)c5cccn(-c6ccc(F)cc6)c5=O)cc4F)c3cn2)cn1. The largest absolute Gasteiger partial charge is 0.453 e. The molecule has 0 atom stereocenters. The Morgan fingerprint density at radius 1 is 0.951 bits per heavy atom. The lowest BCUT2D eigenvalue weighted by atomic mass is 10.0. The molecule has 0 fully saturated rings. The van der Waals surface area contributed by atoms with Crippen LogP contribution in [0, 0.1) is 11.6 Å². The third kappa shape index (κ3) is 5.22. The van der Waals surface area contributed by atoms with Crippen LogP contribution in [-0.4, -0.2) is 30.1 Å². The van der Waals surface area contributed by atoms with Gasteiger partial charge in [0.2, 0.25) is 0 Å². The van der Waals surface area contributed by atoms with Crippen molar-refractivity contribution in [2.24, 2.45) is 7.05 Å². The quantitative estimate of drug-likeness (QED) is 0.238. The minimum Gasteiger partial charge on any atom is -0.453 e. The molecule has 6 rings (SSSR count). The maximum atomic E-state index is 15.1. The number of pyridine rings is 3. The molecule has 41 heavy (non-hydrogen) atoms. The molecule has 2 aromatic carbocycles. The van der Waals surface area contributed by atoms with Gasteiger partial charge in [0.25, 0.3) is 5.56 Å². The summed E-state index contributed by atoms with van der Waals surface area (Å²) in [4.78, 5) is 34.8. The number of carbonyl (C=O) groups excluding carboxylic acids is 1. The number of ether oxygens (including phenoxy) is 1. The maximum Gasteiger partial charge on any atom is 0.265 e. The van der Waals surface area contributed by atoms with E-state index in [1.807, 2.05) is 13.2 Å². The van der Waals surface area contributed by atoms with E-state index in [-0.39, 0.29) is 17.7 Å². The van der Waals surface area contributed by atoms with Crippen LogP contribution in [0.2, 0.25) is 0 Å². The van der Waals surface area contributed by atoms with Gasteiger partial charge in [0.15, 0.2) is 17.3 Å². The summed E-state index contributed by atoms with van der Waals surface area (Å²) < 4.78 is 37.2. The smallest absolute Gasteiger partial charge is 0.265 e. The van der Waals surface area contributed by atoms with E-state index in [1.54, 1.807) is 47.5 Å². The standard InChI is InChI=1S/C31H21F2N5O3/c1-37-18-20(16-36-37)26-15-27-24(17-35-26)29(10-11-34-27)41-30-9-4-19(13-25(30)33)14-28(39)23-3-2-12-38(31(23)40)22-7-5-21(32)6-8-22/h2-13,15-18H,14H2,1H3. The second-order valence-corrected chi connectivity index (χ2v) is 9.34. The Hall–Kier alpha value is -5.51. The van der Waals surface area contributed by atoms with Crippen molar-refractivity contribution < 1.29 is 18.3 Å². The number of rotatable bonds is 7. The lowest BCUT2D eigenvalue weighted by Crippen LogP contribution is -2.25. The summed E-state index contributed by atoms with van der Waals surface area (Å²) in [5.74, 6) is -1.25. The van der Waals surface area contributed by atoms with Crippen LogP contribution in [0.25, 0.3) is 27.8 Å². The number of carbonyl (C=O) groups is 1. The van der Waals surface area contributed by atoms with Crippen molar-refractivity contribution in [2.45, 2.75) is 6.42 Å². The number of benzene rings is 2. The fourth-order valence-electron chi connectivity index (χ4n) is 4.46. The number of halogens is 2. The van der Waals surface area contributed by atoms with E-state index in [4.69, 9.17) is 4.74 Å². The van der Waals surface area contributed by atoms with E-state index in [0.717, 1.165) is 5.56 Å². The van der Waals surface area contributed by atoms with E-state index < -0.39 is 23.0 Å². The van der Waals surface area contributed by atoms with Gasteiger partial charge in [0.05, 0.1) is 28.4 Å². The van der Waals surface area contributed by atoms with E-state index in [9.17, 15) is 14.0 Å². The molecule has 0 radical (unpaired) electrons. The fourth-order valence-corrected chi connectivity index (χ4v) is 4.46. The molecular formula is C31H21F2N5O3. The van der Waals surface area contributed by atoms with Gasteiger partial charge in [-0.3, -0.25) is 28.8 Å². The zero-order valence-electron chi connectivity index (χ0n) is 21.7. The van der Waals surface area contributed by atoms with Crippen LogP contribution in [0.5, 0.6) is 11.5 Å². The van der Waals surface area contributed by atoms with Crippen LogP contribution in [-0.2, 0) is 13.5 Å². The minimum absolute atomic E-state index is 0.0385. The number of hydrogen-bond donors (Lipinski definition) is 0. The van der Waals surface area contributed by atoms with Gasteiger partial charge in [0.1, 0.15) is 11.6 Å². The van der Waals surface area contributed by atoms with Crippen molar-refractivity contribution >= 4 is 16.7 Å². The Labute approximate surface area is 232 Å². The van der Waals surface area contributed by atoms with Crippen LogP contribution >= 0.6 is 0 Å². The third-order valence-corrected chi connectivity index (χ3v) is 6.52. The highest BCUT2D eigenvalue weighted by Crippen LogP contribution is 2.32. The monoisotopic (exact) mass is 549 g/mol. The highest BCUT2D eigenvalue weighted by atomic mass is 19.1. The van der Waals surface area contributed by atoms with Crippen molar-refractivity contribution in [3.8, 4) is 28.4 Å². The molecule has 0 spiro atoms. The third-order valence-electron chi connectivity index (χ3n) is 6.52. The summed E-state index contributed by atoms with van der Waals surface area (Å²) in [6.45, 7) is 0. The molecule has 4 heterocycles. The number of Topliss-reactive ketones (excluding diaryl/α,β-unsaturated/α-hetero) is 1. The van der Waals surface area contributed by atoms with Gasteiger partial charge < -0.3 is 4.74 Å². The Balaban J connectivity index is 1.22. The molecule has 0 aliphatic heterocycles. The van der Waals surface area contributed by atoms with Crippen molar-refractivity contribution in [1.82, 2.24) is 24.3 Å². The van der Waals surface area contributed by atoms with E-state index in [1.165, 1.54) is 53.2 Å². The van der Waals surface area contributed by atoms with Crippen molar-refractivity contribution in [3.63, 3.8) is 0 Å². The van der Waals surface area contributed by atoms with Gasteiger partial charge in [-0.25, -0.2) is 8.78 Å². The average molecular weight is 550 g/mol. The number of fused-ring (bicyclic) bond motifs is 1. The first-order valence-corrected chi connectivity index (χ1v) is 12.6. The number of hydrogen-bond acceptors (Lipinski definition) is 6. The lowest BCUT2D eigenvalue weighted by molar-refractivity contribution is 0.0991. The summed E-state index contributed by atoms with van der Waals surface area (Å²) in [6, 6.07) is 16.0. The topological polar surface area (TPSA) is 91.9 Å². The predicted molar refractivity (Wildman–Crippen MR) is 148 cm³/mol. The molecule has 8 nitrogen and oxygen atoms in total. The number of nitrogens with zero attached hydrogens (tertiary/aromatic N) is 5. The number of aryl methyl sites for hydroxylation is 1. The average Bonchev–Trinajstić information content (AvgIpc) is 3.41. The molecule has 0 N–H and O–H groups in total. The van der Waals surface area contributed by atoms with Crippen LogP contribution in [0.3, 0.4) is 0 Å². The van der Waals surface area contributed by atoms with Gasteiger partial charge in [-0.1, -0.05) is 6.07 Å². The number of ketones is 1.